The van der Waals surface area contributed by atoms with Gasteiger partial charge >= 0.3 is 0 Å². The predicted molar refractivity (Wildman–Crippen MR) is 52.6 cm³/mol. The number of azo groups is 1. The van der Waals surface area contributed by atoms with Gasteiger partial charge in [-0.05, 0) is 0 Å². The van der Waals surface area contributed by atoms with E-state index in [0.717, 1.165) is 0 Å². The third-order valence-corrected chi connectivity index (χ3v) is 1.80. The highest BCUT2D eigenvalue weighted by Gasteiger charge is 2.38. The van der Waals surface area contributed by atoms with Crippen LogP contribution in [0.1, 0.15) is 6.42 Å². The minimum atomic E-state index is -2.09. The van der Waals surface area contributed by atoms with Gasteiger partial charge in [0.1, 0.15) is 17.7 Å². The van der Waals surface area contributed by atoms with Gasteiger partial charge < -0.3 is 0 Å². The molecule has 0 aliphatic heterocycles. The first-order chi connectivity index (χ1) is 8.65. The standard InChI is InChI=1S/C10H2N8/c11-2-1-10(5-14,6-15)8(3-12)9(4-13)18-17-7-16/h1H2. The van der Waals surface area contributed by atoms with Crippen LogP contribution < -0.4 is 0 Å². The lowest BCUT2D eigenvalue weighted by Crippen LogP contribution is -2.19. The number of nitrogens with zero attached hydrogens (tertiary/aromatic N) is 8. The van der Waals surface area contributed by atoms with Crippen molar-refractivity contribution in [2.45, 2.75) is 6.42 Å². The number of rotatable bonds is 3. The van der Waals surface area contributed by atoms with Crippen LogP contribution in [-0.4, -0.2) is 0 Å². The molecule has 0 unspecified atom stereocenters. The molecule has 18 heavy (non-hydrogen) atoms. The molecule has 0 aliphatic carbocycles. The molecule has 0 radical (unpaired) electrons. The topological polar surface area (TPSA) is 167 Å². The van der Waals surface area contributed by atoms with Gasteiger partial charge in [-0.15, -0.1) is 5.11 Å². The van der Waals surface area contributed by atoms with E-state index >= 15 is 0 Å². The molecule has 0 N–H and O–H groups in total. The summed E-state index contributed by atoms with van der Waals surface area (Å²) in [5, 5.41) is 58.2. The SMILES string of the molecule is N#CCC(C#N)(C#N)C(C#N)=C(C#N)N=NC#N. The van der Waals surface area contributed by atoms with Gasteiger partial charge in [0.15, 0.2) is 11.1 Å². The molecule has 0 atom stereocenters. The van der Waals surface area contributed by atoms with Gasteiger partial charge in [0.2, 0.25) is 6.19 Å². The first-order valence-electron chi connectivity index (χ1n) is 4.20. The molecule has 0 saturated heterocycles. The minimum absolute atomic E-state index is 0.601. The largest absolute Gasteiger partial charge is 0.226 e. The summed E-state index contributed by atoms with van der Waals surface area (Å²) in [7, 11) is 0. The first-order valence-corrected chi connectivity index (χ1v) is 4.20. The zero-order chi connectivity index (χ0) is 14.0. The Labute approximate surface area is 102 Å². The Morgan fingerprint density at radius 1 is 0.944 bits per heavy atom. The Kier molecular flexibility index (Phi) is 5.32. The van der Waals surface area contributed by atoms with Crippen molar-refractivity contribution < 1.29 is 0 Å². The van der Waals surface area contributed by atoms with Gasteiger partial charge in [-0.3, -0.25) is 0 Å². The Hall–Kier alpha value is -3.72. The second kappa shape index (κ2) is 6.71. The Bertz CT molecular complexity index is 627. The molecule has 0 heterocycles. The van der Waals surface area contributed by atoms with Crippen molar-refractivity contribution in [3.8, 4) is 36.5 Å². The molecule has 0 fully saturated rings. The van der Waals surface area contributed by atoms with Crippen LogP contribution in [0.4, 0.5) is 0 Å². The van der Waals surface area contributed by atoms with Crippen LogP contribution in [0.2, 0.25) is 0 Å². The summed E-state index contributed by atoms with van der Waals surface area (Å²) in [4.78, 5) is 0. The lowest BCUT2D eigenvalue weighted by atomic mass is 9.80. The van der Waals surface area contributed by atoms with E-state index in [9.17, 15) is 0 Å². The van der Waals surface area contributed by atoms with Gasteiger partial charge in [0.25, 0.3) is 0 Å². The lowest BCUT2D eigenvalue weighted by molar-refractivity contribution is 0.648. The lowest BCUT2D eigenvalue weighted by Gasteiger charge is -2.12. The van der Waals surface area contributed by atoms with Crippen LogP contribution in [0.3, 0.4) is 0 Å². The van der Waals surface area contributed by atoms with Crippen LogP contribution in [-0.2, 0) is 0 Å². The molecule has 82 valence electrons. The quantitative estimate of drug-likeness (QED) is 0.403. The van der Waals surface area contributed by atoms with E-state index in [1.54, 1.807) is 6.07 Å². The van der Waals surface area contributed by atoms with Gasteiger partial charge in [-0.2, -0.15) is 31.6 Å². The van der Waals surface area contributed by atoms with Crippen LogP contribution >= 0.6 is 0 Å². The fraction of sp³-hybridized carbons (Fsp3) is 0.200. The number of nitriles is 6. The Balaban J connectivity index is 6.19. The van der Waals surface area contributed by atoms with E-state index in [2.05, 4.69) is 10.2 Å². The third-order valence-electron chi connectivity index (χ3n) is 1.80. The second-order valence-electron chi connectivity index (χ2n) is 2.71. The van der Waals surface area contributed by atoms with Crippen molar-refractivity contribution >= 4 is 0 Å². The van der Waals surface area contributed by atoms with Gasteiger partial charge in [0, 0.05) is 0 Å². The molecular formula is C10H2N8. The van der Waals surface area contributed by atoms with Crippen molar-refractivity contribution in [3.05, 3.63) is 11.3 Å². The summed E-state index contributed by atoms with van der Waals surface area (Å²) in [6.07, 6.45) is 0.663. The zero-order valence-electron chi connectivity index (χ0n) is 8.78. The minimum Gasteiger partial charge on any atom is -0.198 e. The van der Waals surface area contributed by atoms with E-state index in [-0.39, 0.29) is 0 Å². The summed E-state index contributed by atoms with van der Waals surface area (Å²) in [5.74, 6) is 0. The van der Waals surface area contributed by atoms with Gasteiger partial charge in [0.05, 0.1) is 24.6 Å². The van der Waals surface area contributed by atoms with Crippen molar-refractivity contribution in [1.29, 1.82) is 31.6 Å². The molecule has 0 aromatic rings. The molecule has 0 bridgehead atoms. The van der Waals surface area contributed by atoms with E-state index < -0.39 is 23.1 Å². The highest BCUT2D eigenvalue weighted by Crippen LogP contribution is 2.32. The fourth-order valence-electron chi connectivity index (χ4n) is 0.974. The molecular weight excluding hydrogens is 232 g/mol. The molecule has 0 aromatic carbocycles. The maximum Gasteiger partial charge on any atom is 0.226 e. The fourth-order valence-corrected chi connectivity index (χ4v) is 0.974. The first kappa shape index (κ1) is 14.3. The van der Waals surface area contributed by atoms with Crippen molar-refractivity contribution in [2.24, 2.45) is 15.6 Å². The van der Waals surface area contributed by atoms with Crippen molar-refractivity contribution in [2.75, 3.05) is 0 Å². The molecule has 8 nitrogen and oxygen atoms in total. The summed E-state index contributed by atoms with van der Waals surface area (Å²) in [5.41, 5.74) is -3.34. The zero-order valence-corrected chi connectivity index (χ0v) is 8.78. The van der Waals surface area contributed by atoms with E-state index in [1.165, 1.54) is 30.5 Å². The van der Waals surface area contributed by atoms with Crippen LogP contribution in [0, 0.1) is 73.5 Å². The predicted octanol–water partition coefficient (Wildman–Crippen LogP) is 1.17. The second-order valence-corrected chi connectivity index (χ2v) is 2.71. The molecule has 0 spiro atoms. The smallest absolute Gasteiger partial charge is 0.198 e. The van der Waals surface area contributed by atoms with Crippen molar-refractivity contribution in [3.63, 3.8) is 0 Å². The van der Waals surface area contributed by atoms with E-state index in [0.29, 0.717) is 0 Å². The number of allylic oxidation sites excluding steroid dienone is 2. The van der Waals surface area contributed by atoms with Gasteiger partial charge in [-0.1, -0.05) is 5.11 Å². The normalized spacial score (nSPS) is 10.8. The monoisotopic (exact) mass is 234 g/mol. The highest BCUT2D eigenvalue weighted by molar-refractivity contribution is 5.49. The van der Waals surface area contributed by atoms with E-state index in [1.807, 2.05) is 0 Å². The molecule has 0 aliphatic rings. The maximum atomic E-state index is 8.92. The highest BCUT2D eigenvalue weighted by atomic mass is 15.1. The van der Waals surface area contributed by atoms with Crippen molar-refractivity contribution in [1.82, 2.24) is 0 Å². The summed E-state index contributed by atoms with van der Waals surface area (Å²) >= 11 is 0. The molecule has 0 saturated carbocycles. The van der Waals surface area contributed by atoms with Crippen LogP contribution in [0.15, 0.2) is 21.5 Å². The summed E-state index contributed by atoms with van der Waals surface area (Å²) < 4.78 is 0. The summed E-state index contributed by atoms with van der Waals surface area (Å²) in [6, 6.07) is 7.54. The Morgan fingerprint density at radius 2 is 1.56 bits per heavy atom. The van der Waals surface area contributed by atoms with E-state index in [4.69, 9.17) is 31.6 Å². The third kappa shape index (κ3) is 2.65. The van der Waals surface area contributed by atoms with Gasteiger partial charge in [-0.25, -0.2) is 0 Å². The summed E-state index contributed by atoms with van der Waals surface area (Å²) in [6.45, 7) is 0. The van der Waals surface area contributed by atoms with Crippen LogP contribution in [0.25, 0.3) is 0 Å². The average Bonchev–Trinajstić information content (AvgIpc) is 2.41. The molecule has 0 rings (SSSR count). The average molecular weight is 234 g/mol. The number of hydrogen-bond donors (Lipinski definition) is 0. The van der Waals surface area contributed by atoms with Crippen LogP contribution in [0.5, 0.6) is 0 Å². The molecule has 0 aromatic heterocycles. The molecule has 8 heteroatoms. The Morgan fingerprint density at radius 3 is 1.89 bits per heavy atom. The number of hydrogen-bond acceptors (Lipinski definition) is 8. The molecule has 0 amide bonds. The maximum absolute atomic E-state index is 8.92.